The van der Waals surface area contributed by atoms with E-state index in [0.717, 1.165) is 50.0 Å². The van der Waals surface area contributed by atoms with Crippen molar-refractivity contribution in [1.29, 1.82) is 0 Å². The second kappa shape index (κ2) is 15.3. The predicted octanol–water partition coefficient (Wildman–Crippen LogP) is 4.22. The quantitative estimate of drug-likeness (QED) is 0.150. The average molecular weight is 563 g/mol. The molecular weight excluding hydrogens is 529 g/mol. The highest BCUT2D eigenvalue weighted by atomic mass is 127. The van der Waals surface area contributed by atoms with Crippen LogP contribution >= 0.6 is 24.0 Å². The van der Waals surface area contributed by atoms with Gasteiger partial charge in [-0.15, -0.1) is 24.0 Å². The largest absolute Gasteiger partial charge is 0.497 e. The molecule has 2 N–H and O–H groups in total. The van der Waals surface area contributed by atoms with Gasteiger partial charge in [0.1, 0.15) is 5.75 Å². The third-order valence-electron chi connectivity index (χ3n) is 4.95. The van der Waals surface area contributed by atoms with E-state index in [4.69, 9.17) is 14.5 Å². The molecule has 0 saturated heterocycles. The number of rotatable bonds is 12. The number of hydrogen-bond acceptors (Lipinski definition) is 4. The van der Waals surface area contributed by atoms with Crippen LogP contribution in [-0.2, 0) is 24.4 Å². The molecule has 0 spiro atoms. The summed E-state index contributed by atoms with van der Waals surface area (Å²) in [6.07, 6.45) is 6.53. The summed E-state index contributed by atoms with van der Waals surface area (Å²) >= 11 is 0. The maximum atomic E-state index is 5.43. The van der Waals surface area contributed by atoms with Crippen molar-refractivity contribution in [2.45, 2.75) is 33.0 Å². The maximum absolute atomic E-state index is 5.43. The van der Waals surface area contributed by atoms with Crippen molar-refractivity contribution in [3.8, 4) is 5.75 Å². The first-order chi connectivity index (χ1) is 15.8. The number of nitrogens with one attached hydrogen (secondary N) is 2. The summed E-state index contributed by atoms with van der Waals surface area (Å²) in [5.41, 5.74) is 3.58. The molecule has 1 heterocycles. The van der Waals surface area contributed by atoms with Gasteiger partial charge in [0.25, 0.3) is 0 Å². The zero-order valence-electron chi connectivity index (χ0n) is 19.4. The van der Waals surface area contributed by atoms with Gasteiger partial charge < -0.3 is 24.7 Å². The molecule has 0 fully saturated rings. The maximum Gasteiger partial charge on any atom is 0.191 e. The number of guanidine groups is 1. The van der Waals surface area contributed by atoms with E-state index in [-0.39, 0.29) is 24.0 Å². The molecule has 8 heteroatoms. The Hall–Kier alpha value is -2.59. The van der Waals surface area contributed by atoms with Crippen molar-refractivity contribution >= 4 is 29.9 Å². The van der Waals surface area contributed by atoms with E-state index >= 15 is 0 Å². The normalized spacial score (nSPS) is 11.0. The number of aromatic nitrogens is 2. The van der Waals surface area contributed by atoms with E-state index in [0.29, 0.717) is 13.1 Å². The minimum absolute atomic E-state index is 0. The van der Waals surface area contributed by atoms with Crippen LogP contribution in [0.4, 0.5) is 0 Å². The van der Waals surface area contributed by atoms with Gasteiger partial charge in [-0.25, -0.2) is 9.98 Å². The molecule has 0 unspecified atom stereocenters. The fraction of sp³-hybridized carbons (Fsp3) is 0.360. The molecule has 0 aliphatic carbocycles. The van der Waals surface area contributed by atoms with Crippen molar-refractivity contribution in [2.75, 3.05) is 26.9 Å². The molecule has 3 rings (SSSR count). The van der Waals surface area contributed by atoms with Crippen LogP contribution in [0.2, 0.25) is 0 Å². The molecular formula is C25H34IN5O2. The molecule has 7 nitrogen and oxygen atoms in total. The lowest BCUT2D eigenvalue weighted by Gasteiger charge is -2.13. The molecule has 0 atom stereocenters. The van der Waals surface area contributed by atoms with E-state index in [1.54, 1.807) is 13.3 Å². The van der Waals surface area contributed by atoms with Gasteiger partial charge in [-0.2, -0.15) is 0 Å². The van der Waals surface area contributed by atoms with Crippen LogP contribution in [0.5, 0.6) is 5.75 Å². The Bertz CT molecular complexity index is 928. The summed E-state index contributed by atoms with van der Waals surface area (Å²) in [6.45, 7) is 6.42. The second-order valence-corrected chi connectivity index (χ2v) is 7.40. The molecule has 0 saturated carbocycles. The van der Waals surface area contributed by atoms with E-state index in [2.05, 4.69) is 44.5 Å². The van der Waals surface area contributed by atoms with Crippen molar-refractivity contribution in [3.63, 3.8) is 0 Å². The summed E-state index contributed by atoms with van der Waals surface area (Å²) in [7, 11) is 1.67. The number of benzene rings is 2. The Labute approximate surface area is 213 Å². The van der Waals surface area contributed by atoms with Gasteiger partial charge >= 0.3 is 0 Å². The molecule has 0 amide bonds. The van der Waals surface area contributed by atoms with Crippen LogP contribution in [-0.4, -0.2) is 42.4 Å². The first kappa shape index (κ1) is 26.7. The molecule has 33 heavy (non-hydrogen) atoms. The summed E-state index contributed by atoms with van der Waals surface area (Å²) in [6, 6.07) is 16.6. The van der Waals surface area contributed by atoms with Crippen molar-refractivity contribution < 1.29 is 9.47 Å². The number of ether oxygens (including phenoxy) is 2. The fourth-order valence-electron chi connectivity index (χ4n) is 3.14. The highest BCUT2D eigenvalue weighted by molar-refractivity contribution is 14.0. The Morgan fingerprint density at radius 1 is 1.00 bits per heavy atom. The van der Waals surface area contributed by atoms with Crippen molar-refractivity contribution in [2.24, 2.45) is 4.99 Å². The van der Waals surface area contributed by atoms with Gasteiger partial charge in [0, 0.05) is 45.2 Å². The number of nitrogens with zero attached hydrogens (tertiary/aromatic N) is 3. The van der Waals surface area contributed by atoms with E-state index in [1.165, 1.54) is 11.1 Å². The summed E-state index contributed by atoms with van der Waals surface area (Å²) in [4.78, 5) is 8.84. The van der Waals surface area contributed by atoms with Crippen LogP contribution in [0.15, 0.2) is 72.2 Å². The topological polar surface area (TPSA) is 72.7 Å². The van der Waals surface area contributed by atoms with Gasteiger partial charge in [-0.3, -0.25) is 0 Å². The Morgan fingerprint density at radius 2 is 1.73 bits per heavy atom. The van der Waals surface area contributed by atoms with Crippen molar-refractivity contribution in [3.05, 3.63) is 83.9 Å². The first-order valence-electron chi connectivity index (χ1n) is 11.0. The number of imidazole rings is 1. The van der Waals surface area contributed by atoms with Gasteiger partial charge in [0.05, 0.1) is 20.0 Å². The van der Waals surface area contributed by atoms with Crippen LogP contribution in [0.1, 0.15) is 30.0 Å². The molecule has 0 bridgehead atoms. The molecule has 178 valence electrons. The van der Waals surface area contributed by atoms with E-state index < -0.39 is 0 Å². The third kappa shape index (κ3) is 9.83. The molecule has 1 aromatic heterocycles. The zero-order valence-corrected chi connectivity index (χ0v) is 21.7. The van der Waals surface area contributed by atoms with E-state index in [9.17, 15) is 0 Å². The van der Waals surface area contributed by atoms with Crippen LogP contribution < -0.4 is 15.4 Å². The monoisotopic (exact) mass is 563 g/mol. The van der Waals surface area contributed by atoms with Crippen LogP contribution in [0, 0.1) is 0 Å². The summed E-state index contributed by atoms with van der Waals surface area (Å²) < 4.78 is 12.7. The fourth-order valence-corrected chi connectivity index (χ4v) is 3.14. The predicted molar refractivity (Wildman–Crippen MR) is 143 cm³/mol. The summed E-state index contributed by atoms with van der Waals surface area (Å²) in [5.74, 6) is 1.64. The smallest absolute Gasteiger partial charge is 0.191 e. The lowest BCUT2D eigenvalue weighted by Crippen LogP contribution is -2.37. The van der Waals surface area contributed by atoms with Gasteiger partial charge in [0.2, 0.25) is 0 Å². The third-order valence-corrected chi connectivity index (χ3v) is 4.95. The molecule has 0 aliphatic heterocycles. The zero-order chi connectivity index (χ0) is 22.4. The number of methoxy groups -OCH3 is 1. The minimum atomic E-state index is 0. The molecule has 0 aliphatic rings. The number of hydrogen-bond donors (Lipinski definition) is 2. The highest BCUT2D eigenvalue weighted by Crippen LogP contribution is 2.12. The standard InChI is InChI=1S/C25H33N5O2.HI/c1-3-32-16-4-13-27-25(29-18-22-9-11-24(31-2)12-10-22)28-17-21-5-7-23(8-6-21)19-30-15-14-26-20-30;/h5-12,14-15,20H,3-4,13,16-19H2,1-2H3,(H2,27,28,29);1H. The number of halogens is 1. The Balaban J connectivity index is 0.00000385. The molecule has 0 radical (unpaired) electrons. The van der Waals surface area contributed by atoms with Gasteiger partial charge in [-0.1, -0.05) is 36.4 Å². The first-order valence-corrected chi connectivity index (χ1v) is 11.0. The Morgan fingerprint density at radius 3 is 2.39 bits per heavy atom. The summed E-state index contributed by atoms with van der Waals surface area (Å²) in [5, 5.41) is 6.85. The average Bonchev–Trinajstić information content (AvgIpc) is 3.34. The number of aliphatic imine (C=N–C) groups is 1. The van der Waals surface area contributed by atoms with E-state index in [1.807, 2.05) is 43.7 Å². The SMILES string of the molecule is CCOCCCNC(=NCc1ccc(OC)cc1)NCc1ccc(Cn2ccnc2)cc1.I. The molecule has 3 aromatic rings. The second-order valence-electron chi connectivity index (χ2n) is 7.40. The highest BCUT2D eigenvalue weighted by Gasteiger charge is 2.02. The molecule has 2 aromatic carbocycles. The van der Waals surface area contributed by atoms with Gasteiger partial charge in [0.15, 0.2) is 5.96 Å². The Kier molecular flexibility index (Phi) is 12.3. The van der Waals surface area contributed by atoms with Crippen molar-refractivity contribution in [1.82, 2.24) is 20.2 Å². The van der Waals surface area contributed by atoms with Gasteiger partial charge in [-0.05, 0) is 42.2 Å². The lowest BCUT2D eigenvalue weighted by molar-refractivity contribution is 0.145. The van der Waals surface area contributed by atoms with Crippen LogP contribution in [0.25, 0.3) is 0 Å². The van der Waals surface area contributed by atoms with Crippen LogP contribution in [0.3, 0.4) is 0 Å². The lowest BCUT2D eigenvalue weighted by atomic mass is 10.1. The minimum Gasteiger partial charge on any atom is -0.497 e.